The van der Waals surface area contributed by atoms with Crippen LogP contribution in [-0.4, -0.2) is 60.3 Å². The highest BCUT2D eigenvalue weighted by Crippen LogP contribution is 2.20. The molecule has 1 unspecified atom stereocenters. The maximum atomic E-state index is 11.5. The third-order valence-corrected chi connectivity index (χ3v) is 4.55. The predicted octanol–water partition coefficient (Wildman–Crippen LogP) is 0.943. The highest BCUT2D eigenvalue weighted by molar-refractivity contribution is 5.80. The second kappa shape index (κ2) is 9.30. The van der Waals surface area contributed by atoms with Gasteiger partial charge in [-0.3, -0.25) is 14.5 Å². The van der Waals surface area contributed by atoms with E-state index in [0.717, 1.165) is 45.0 Å². The van der Waals surface area contributed by atoms with E-state index >= 15 is 0 Å². The third kappa shape index (κ3) is 5.54. The summed E-state index contributed by atoms with van der Waals surface area (Å²) in [6.45, 7) is 5.87. The van der Waals surface area contributed by atoms with E-state index in [1.54, 1.807) is 7.05 Å². The molecule has 0 aromatic carbocycles. The largest absolute Gasteiger partial charge is 0.359 e. The Morgan fingerprint density at radius 1 is 1.42 bits per heavy atom. The average Bonchev–Trinajstić information content (AvgIpc) is 3.09. The third-order valence-electron chi connectivity index (χ3n) is 4.55. The molecule has 1 fully saturated rings. The molecule has 134 valence electrons. The topological polar surface area (TPSA) is 74.5 Å². The lowest BCUT2D eigenvalue weighted by Crippen LogP contribution is -2.47. The van der Waals surface area contributed by atoms with E-state index in [9.17, 15) is 4.79 Å². The molecular formula is C17H30N6O. The van der Waals surface area contributed by atoms with Crippen molar-refractivity contribution in [2.75, 3.05) is 33.7 Å². The highest BCUT2D eigenvalue weighted by Gasteiger charge is 2.23. The first-order valence-electron chi connectivity index (χ1n) is 8.76. The molecule has 1 aromatic heterocycles. The lowest BCUT2D eigenvalue weighted by Gasteiger charge is -2.34. The average molecular weight is 334 g/mol. The van der Waals surface area contributed by atoms with Crippen LogP contribution in [0.25, 0.3) is 0 Å². The number of aliphatic imine (C=N–C) groups is 1. The lowest BCUT2D eigenvalue weighted by molar-refractivity contribution is -0.121. The van der Waals surface area contributed by atoms with E-state index < -0.39 is 0 Å². The van der Waals surface area contributed by atoms with Crippen molar-refractivity contribution in [2.24, 2.45) is 16.8 Å². The molecular weight excluding hydrogens is 304 g/mol. The van der Waals surface area contributed by atoms with Crippen molar-refractivity contribution in [1.29, 1.82) is 0 Å². The minimum absolute atomic E-state index is 0.142. The fourth-order valence-electron chi connectivity index (χ4n) is 3.10. The molecule has 2 N–H and O–H groups in total. The minimum atomic E-state index is 0.142. The number of likely N-dealkylation sites (tertiary alicyclic amines) is 1. The number of aromatic nitrogens is 2. The van der Waals surface area contributed by atoms with Crippen LogP contribution in [0.5, 0.6) is 0 Å². The van der Waals surface area contributed by atoms with E-state index in [1.807, 2.05) is 30.2 Å². The van der Waals surface area contributed by atoms with Crippen LogP contribution in [0.15, 0.2) is 23.5 Å². The monoisotopic (exact) mass is 334 g/mol. The van der Waals surface area contributed by atoms with Crippen molar-refractivity contribution in [3.63, 3.8) is 0 Å². The summed E-state index contributed by atoms with van der Waals surface area (Å²) < 4.78 is 1.96. The molecule has 2 heterocycles. The van der Waals surface area contributed by atoms with Gasteiger partial charge in [0.25, 0.3) is 0 Å². The second-order valence-corrected chi connectivity index (χ2v) is 6.57. The molecule has 1 aliphatic rings. The zero-order valence-corrected chi connectivity index (χ0v) is 15.0. The highest BCUT2D eigenvalue weighted by atomic mass is 16.1. The number of carbonyl (C=O) groups excluding carboxylic acids is 1. The zero-order valence-electron chi connectivity index (χ0n) is 15.0. The molecule has 7 nitrogen and oxygen atoms in total. The van der Waals surface area contributed by atoms with E-state index in [4.69, 9.17) is 0 Å². The molecule has 1 amide bonds. The normalized spacial score (nSPS) is 17.6. The van der Waals surface area contributed by atoms with Crippen molar-refractivity contribution in [3.05, 3.63) is 18.5 Å². The second-order valence-electron chi connectivity index (χ2n) is 6.57. The molecule has 1 aliphatic heterocycles. The maximum Gasteiger partial charge on any atom is 0.220 e. The van der Waals surface area contributed by atoms with Crippen LogP contribution in [0.4, 0.5) is 0 Å². The number of rotatable bonds is 6. The first-order valence-corrected chi connectivity index (χ1v) is 8.76. The Kier molecular flexibility index (Phi) is 7.08. The lowest BCUT2D eigenvalue weighted by atomic mass is 9.93. The summed E-state index contributed by atoms with van der Waals surface area (Å²) in [5, 5.41) is 10.4. The minimum Gasteiger partial charge on any atom is -0.359 e. The van der Waals surface area contributed by atoms with Gasteiger partial charge in [-0.15, -0.1) is 0 Å². The number of hydrogen-bond donors (Lipinski definition) is 2. The van der Waals surface area contributed by atoms with Crippen LogP contribution in [0, 0.1) is 11.8 Å². The van der Waals surface area contributed by atoms with Gasteiger partial charge in [-0.25, -0.2) is 0 Å². The first kappa shape index (κ1) is 18.3. The van der Waals surface area contributed by atoms with Gasteiger partial charge in [0.15, 0.2) is 5.96 Å². The summed E-state index contributed by atoms with van der Waals surface area (Å²) >= 11 is 0. The molecule has 0 radical (unpaired) electrons. The Morgan fingerprint density at radius 3 is 2.75 bits per heavy atom. The van der Waals surface area contributed by atoms with Crippen LogP contribution in [0.1, 0.15) is 26.2 Å². The quantitative estimate of drug-likeness (QED) is 0.600. The Labute approximate surface area is 144 Å². The number of amides is 1. The smallest absolute Gasteiger partial charge is 0.220 e. The van der Waals surface area contributed by atoms with Crippen molar-refractivity contribution < 1.29 is 4.79 Å². The van der Waals surface area contributed by atoms with E-state index in [0.29, 0.717) is 18.3 Å². The van der Waals surface area contributed by atoms with E-state index in [-0.39, 0.29) is 5.91 Å². The number of guanidine groups is 1. The Balaban J connectivity index is 1.73. The summed E-state index contributed by atoms with van der Waals surface area (Å²) in [7, 11) is 3.53. The number of piperidine rings is 1. The Hall–Kier alpha value is -2.05. The summed E-state index contributed by atoms with van der Waals surface area (Å²) in [5.74, 6) is 2.05. The van der Waals surface area contributed by atoms with Crippen LogP contribution in [0.3, 0.4) is 0 Å². The molecule has 1 aromatic rings. The number of carbonyl (C=O) groups is 1. The standard InChI is InChI=1S/C17H30N6O/c1-14(13-23-8-4-7-21-23)12-20-17(19-3)22-9-5-15(6-10-22)11-16(24)18-2/h4,7-8,14-15H,5-6,9-13H2,1-3H3,(H,18,24)(H,19,20). The predicted molar refractivity (Wildman–Crippen MR) is 95.7 cm³/mol. The van der Waals surface area contributed by atoms with Gasteiger partial charge < -0.3 is 15.5 Å². The summed E-state index contributed by atoms with van der Waals surface area (Å²) in [5.41, 5.74) is 0. The van der Waals surface area contributed by atoms with Crippen molar-refractivity contribution >= 4 is 11.9 Å². The van der Waals surface area contributed by atoms with E-state index in [1.165, 1.54) is 0 Å². The zero-order chi connectivity index (χ0) is 17.4. The van der Waals surface area contributed by atoms with Gasteiger partial charge in [0.1, 0.15) is 0 Å². The van der Waals surface area contributed by atoms with Crippen molar-refractivity contribution in [1.82, 2.24) is 25.3 Å². The van der Waals surface area contributed by atoms with Crippen molar-refractivity contribution in [3.8, 4) is 0 Å². The molecule has 1 atom stereocenters. The molecule has 7 heteroatoms. The van der Waals surface area contributed by atoms with E-state index in [2.05, 4.69) is 32.5 Å². The molecule has 2 rings (SSSR count). The van der Waals surface area contributed by atoms with Gasteiger partial charge in [-0.2, -0.15) is 5.10 Å². The van der Waals surface area contributed by atoms with Gasteiger partial charge >= 0.3 is 0 Å². The van der Waals surface area contributed by atoms with Crippen LogP contribution in [-0.2, 0) is 11.3 Å². The molecule has 24 heavy (non-hydrogen) atoms. The first-order chi connectivity index (χ1) is 11.6. The van der Waals surface area contributed by atoms with Gasteiger partial charge in [0.05, 0.1) is 0 Å². The number of hydrogen-bond acceptors (Lipinski definition) is 3. The molecule has 0 saturated carbocycles. The fourth-order valence-corrected chi connectivity index (χ4v) is 3.10. The summed E-state index contributed by atoms with van der Waals surface area (Å²) in [6, 6.07) is 1.95. The SMILES string of the molecule is CN=C(NCC(C)Cn1cccn1)N1CCC(CC(=O)NC)CC1. The van der Waals surface area contributed by atoms with Gasteiger partial charge in [-0.05, 0) is 30.7 Å². The number of nitrogens with zero attached hydrogens (tertiary/aromatic N) is 4. The molecule has 0 aliphatic carbocycles. The Morgan fingerprint density at radius 2 is 2.17 bits per heavy atom. The maximum absolute atomic E-state index is 11.5. The van der Waals surface area contributed by atoms with Gasteiger partial charge in [0, 0.05) is 59.1 Å². The Bertz CT molecular complexity index is 519. The summed E-state index contributed by atoms with van der Waals surface area (Å²) in [4.78, 5) is 18.2. The fraction of sp³-hybridized carbons (Fsp3) is 0.706. The molecule has 0 bridgehead atoms. The van der Waals surface area contributed by atoms with Crippen molar-refractivity contribution in [2.45, 2.75) is 32.7 Å². The van der Waals surface area contributed by atoms with Crippen LogP contribution in [0.2, 0.25) is 0 Å². The van der Waals surface area contributed by atoms with Crippen LogP contribution >= 0.6 is 0 Å². The molecule has 0 spiro atoms. The summed E-state index contributed by atoms with van der Waals surface area (Å²) in [6.07, 6.45) is 6.51. The molecule has 1 saturated heterocycles. The van der Waals surface area contributed by atoms with Crippen LogP contribution < -0.4 is 10.6 Å². The van der Waals surface area contributed by atoms with Gasteiger partial charge in [-0.1, -0.05) is 6.92 Å². The van der Waals surface area contributed by atoms with Gasteiger partial charge in [0.2, 0.25) is 5.91 Å². The number of nitrogens with one attached hydrogen (secondary N) is 2.